The van der Waals surface area contributed by atoms with Gasteiger partial charge in [0, 0.05) is 30.8 Å². The molecule has 6 rings (SSSR count). The van der Waals surface area contributed by atoms with Gasteiger partial charge in [0.1, 0.15) is 12.4 Å². The number of amides is 1. The maximum atomic E-state index is 14.7. The molecule has 276 valence electrons. The molecule has 1 saturated heterocycles. The van der Waals surface area contributed by atoms with E-state index in [4.69, 9.17) is 14.5 Å². The molecule has 1 N–H and O–H groups in total. The van der Waals surface area contributed by atoms with Crippen molar-refractivity contribution in [2.75, 3.05) is 36.5 Å². The molecule has 2 aromatic carbocycles. The molecule has 0 aliphatic carbocycles. The van der Waals surface area contributed by atoms with Crippen molar-refractivity contribution in [3.8, 4) is 17.1 Å². The van der Waals surface area contributed by atoms with Crippen molar-refractivity contribution >= 4 is 27.7 Å². The summed E-state index contributed by atoms with van der Waals surface area (Å²) < 4.78 is 42.3. The largest absolute Gasteiger partial charge is 0.475 e. The zero-order chi connectivity index (χ0) is 37.3. The van der Waals surface area contributed by atoms with E-state index in [9.17, 15) is 13.2 Å². The lowest BCUT2D eigenvalue weighted by atomic mass is 9.87. The zero-order valence-corrected chi connectivity index (χ0v) is 32.1. The number of anilines is 2. The molecule has 4 heterocycles. The fourth-order valence-electron chi connectivity index (χ4n) is 7.61. The monoisotopic (exact) mass is 726 g/mol. The molecule has 1 fully saturated rings. The van der Waals surface area contributed by atoms with Gasteiger partial charge in [0.2, 0.25) is 11.8 Å². The Kier molecular flexibility index (Phi) is 10.6. The van der Waals surface area contributed by atoms with Gasteiger partial charge in [-0.2, -0.15) is 4.98 Å². The number of carbonyl (C=O) groups is 1. The SMILES string of the molecule is CC[C@@]1(COC)CCCN1c1cccc(CN2C(=O)c3cccc(c3)S(=O)(=O)Nc3nc(cc(-c4c(C)cccc4C)n3)OC[C@H]2CC(C)(C)C)n1. The number of ether oxygens (including phenoxy) is 2. The fraction of sp³-hybridized carbons (Fsp3) is 0.450. The molecule has 0 spiro atoms. The Bertz CT molecular complexity index is 2030. The Morgan fingerprint density at radius 2 is 1.73 bits per heavy atom. The van der Waals surface area contributed by atoms with E-state index in [-0.39, 0.29) is 52.3 Å². The first kappa shape index (κ1) is 37.2. The molecule has 52 heavy (non-hydrogen) atoms. The highest BCUT2D eigenvalue weighted by Gasteiger charge is 2.40. The second-order valence-corrected chi connectivity index (χ2v) is 16.9. The quantitative estimate of drug-likeness (QED) is 0.201. The number of nitrogens with zero attached hydrogens (tertiary/aromatic N) is 5. The number of pyridine rings is 1. The number of sulfonamides is 1. The highest BCUT2D eigenvalue weighted by Crippen LogP contribution is 2.37. The van der Waals surface area contributed by atoms with Crippen molar-refractivity contribution in [1.29, 1.82) is 0 Å². The molecule has 0 unspecified atom stereocenters. The van der Waals surface area contributed by atoms with E-state index in [1.165, 1.54) is 12.1 Å². The average molecular weight is 727 g/mol. The highest BCUT2D eigenvalue weighted by molar-refractivity contribution is 7.92. The lowest BCUT2D eigenvalue weighted by Crippen LogP contribution is -2.48. The van der Waals surface area contributed by atoms with Crippen LogP contribution in [0.3, 0.4) is 0 Å². The van der Waals surface area contributed by atoms with E-state index in [0.717, 1.165) is 54.0 Å². The number of nitrogens with one attached hydrogen (secondary N) is 1. The third-order valence-corrected chi connectivity index (χ3v) is 11.4. The number of carbonyl (C=O) groups excluding carboxylic acids is 1. The summed E-state index contributed by atoms with van der Waals surface area (Å²) in [4.78, 5) is 33.0. The lowest BCUT2D eigenvalue weighted by molar-refractivity contribution is 0.0509. The van der Waals surface area contributed by atoms with Gasteiger partial charge in [-0.1, -0.05) is 58.0 Å². The van der Waals surface area contributed by atoms with Crippen LogP contribution in [-0.2, 0) is 21.3 Å². The number of hydrogen-bond acceptors (Lipinski definition) is 9. The third-order valence-electron chi connectivity index (χ3n) is 10.1. The Hall–Kier alpha value is -4.55. The van der Waals surface area contributed by atoms with Crippen molar-refractivity contribution in [3.05, 3.63) is 89.1 Å². The Morgan fingerprint density at radius 3 is 2.44 bits per heavy atom. The summed E-state index contributed by atoms with van der Waals surface area (Å²) in [6.45, 7) is 14.3. The summed E-state index contributed by atoms with van der Waals surface area (Å²) in [5, 5.41) is 0. The van der Waals surface area contributed by atoms with Crippen LogP contribution in [0.5, 0.6) is 5.88 Å². The van der Waals surface area contributed by atoms with Gasteiger partial charge >= 0.3 is 0 Å². The van der Waals surface area contributed by atoms with Crippen LogP contribution in [0.25, 0.3) is 11.3 Å². The predicted octanol–water partition coefficient (Wildman–Crippen LogP) is 7.19. The second kappa shape index (κ2) is 14.8. The summed E-state index contributed by atoms with van der Waals surface area (Å²) in [5.74, 6) is 0.613. The third kappa shape index (κ3) is 7.92. The van der Waals surface area contributed by atoms with Crippen molar-refractivity contribution in [2.24, 2.45) is 5.41 Å². The molecule has 0 saturated carbocycles. The molecule has 0 radical (unpaired) electrons. The first-order valence-electron chi connectivity index (χ1n) is 18.0. The molecule has 12 heteroatoms. The van der Waals surface area contributed by atoms with E-state index < -0.39 is 16.1 Å². The minimum Gasteiger partial charge on any atom is -0.475 e. The summed E-state index contributed by atoms with van der Waals surface area (Å²) >= 11 is 0. The first-order chi connectivity index (χ1) is 24.7. The van der Waals surface area contributed by atoms with E-state index >= 15 is 0 Å². The van der Waals surface area contributed by atoms with Gasteiger partial charge in [-0.15, -0.1) is 0 Å². The Morgan fingerprint density at radius 1 is 1.00 bits per heavy atom. The van der Waals surface area contributed by atoms with Gasteiger partial charge in [0.05, 0.1) is 41.0 Å². The van der Waals surface area contributed by atoms with E-state index in [0.29, 0.717) is 18.7 Å². The van der Waals surface area contributed by atoms with Crippen LogP contribution in [0.2, 0.25) is 0 Å². The second-order valence-electron chi connectivity index (χ2n) is 15.2. The minimum atomic E-state index is -4.18. The lowest BCUT2D eigenvalue weighted by Gasteiger charge is -2.39. The first-order valence-corrected chi connectivity index (χ1v) is 19.4. The van der Waals surface area contributed by atoms with Crippen LogP contribution in [-0.4, -0.2) is 72.6 Å². The number of aromatic nitrogens is 3. The molecule has 4 bridgehead atoms. The molecule has 1 amide bonds. The van der Waals surface area contributed by atoms with Gasteiger partial charge in [-0.3, -0.25) is 4.79 Å². The number of hydrogen-bond donors (Lipinski definition) is 1. The molecule has 2 atom stereocenters. The summed E-state index contributed by atoms with van der Waals surface area (Å²) in [7, 11) is -2.44. The average Bonchev–Trinajstić information content (AvgIpc) is 3.52. The molecule has 2 aromatic heterocycles. The summed E-state index contributed by atoms with van der Waals surface area (Å²) in [6.07, 6.45) is 3.58. The molecular formula is C40H50N6O5S. The normalized spacial score (nSPS) is 20.4. The Labute approximate surface area is 307 Å². The molecule has 2 aliphatic heterocycles. The minimum absolute atomic E-state index is 0.0725. The maximum Gasteiger partial charge on any atom is 0.264 e. The zero-order valence-electron chi connectivity index (χ0n) is 31.3. The molecule has 11 nitrogen and oxygen atoms in total. The number of aryl methyl sites for hydroxylation is 2. The number of benzene rings is 2. The van der Waals surface area contributed by atoms with Gasteiger partial charge in [-0.05, 0) is 86.4 Å². The van der Waals surface area contributed by atoms with Crippen molar-refractivity contribution in [2.45, 2.75) is 90.2 Å². The standard InChI is InChI=1S/C40H50N6O5S/c1-8-40(26-50-7)19-12-20-46(40)34-18-11-16-30(41-34)24-45-31(23-39(4,5)6)25-51-35-22-33(36-27(2)13-9-14-28(36)3)42-38(43-35)44-52(48,49)32-17-10-15-29(21-32)37(45)47/h9-11,13-18,21-22,31H,8,12,19-20,23-26H2,1-7H3,(H,42,43,44)/t31-,40+/m1/s1. The molecule has 2 aliphatic rings. The number of rotatable bonds is 8. The van der Waals surface area contributed by atoms with Gasteiger partial charge in [-0.25, -0.2) is 23.1 Å². The fourth-order valence-corrected chi connectivity index (χ4v) is 8.60. The van der Waals surface area contributed by atoms with Crippen LogP contribution in [0, 0.1) is 19.3 Å². The highest BCUT2D eigenvalue weighted by atomic mass is 32.2. The van der Waals surface area contributed by atoms with Crippen LogP contribution < -0.4 is 14.4 Å². The van der Waals surface area contributed by atoms with Crippen LogP contribution in [0.15, 0.2) is 71.6 Å². The predicted molar refractivity (Wildman–Crippen MR) is 203 cm³/mol. The smallest absolute Gasteiger partial charge is 0.264 e. The van der Waals surface area contributed by atoms with Gasteiger partial charge < -0.3 is 19.3 Å². The van der Waals surface area contributed by atoms with Crippen molar-refractivity contribution in [3.63, 3.8) is 0 Å². The maximum absolute atomic E-state index is 14.7. The van der Waals surface area contributed by atoms with E-state index in [1.807, 2.05) is 50.2 Å². The Balaban J connectivity index is 1.46. The number of methoxy groups -OCH3 is 1. The summed E-state index contributed by atoms with van der Waals surface area (Å²) in [5.41, 5.74) is 3.98. The van der Waals surface area contributed by atoms with Crippen molar-refractivity contribution < 1.29 is 22.7 Å². The molecular weight excluding hydrogens is 677 g/mol. The van der Waals surface area contributed by atoms with Crippen LogP contribution >= 0.6 is 0 Å². The van der Waals surface area contributed by atoms with Crippen molar-refractivity contribution in [1.82, 2.24) is 19.9 Å². The van der Waals surface area contributed by atoms with E-state index in [1.54, 1.807) is 30.2 Å². The van der Waals surface area contributed by atoms with E-state index in [2.05, 4.69) is 47.3 Å². The number of fused-ring (bicyclic) bond motifs is 4. The van der Waals surface area contributed by atoms with Crippen LogP contribution in [0.4, 0.5) is 11.8 Å². The van der Waals surface area contributed by atoms with Gasteiger partial charge in [0.15, 0.2) is 0 Å². The topological polar surface area (TPSA) is 127 Å². The molecule has 4 aromatic rings. The van der Waals surface area contributed by atoms with Gasteiger partial charge in [0.25, 0.3) is 15.9 Å². The van der Waals surface area contributed by atoms with Crippen LogP contribution in [0.1, 0.15) is 80.6 Å². The summed E-state index contributed by atoms with van der Waals surface area (Å²) in [6, 6.07) is 19.3.